The summed E-state index contributed by atoms with van der Waals surface area (Å²) >= 11 is 0. The average molecular weight is 416 g/mol. The van der Waals surface area contributed by atoms with E-state index in [1.54, 1.807) is 0 Å². The van der Waals surface area contributed by atoms with Gasteiger partial charge in [0.15, 0.2) is 12.6 Å². The van der Waals surface area contributed by atoms with E-state index in [1.165, 1.54) is 0 Å². The van der Waals surface area contributed by atoms with Gasteiger partial charge in [-0.15, -0.1) is 0 Å². The molecule has 2 heterocycles. The third-order valence-corrected chi connectivity index (χ3v) is 5.65. The van der Waals surface area contributed by atoms with Gasteiger partial charge in [-0.1, -0.05) is 66.7 Å². The van der Waals surface area contributed by atoms with E-state index < -0.39 is 0 Å². The summed E-state index contributed by atoms with van der Waals surface area (Å²) in [6.45, 7) is 0. The van der Waals surface area contributed by atoms with Crippen LogP contribution in [0.15, 0.2) is 97.3 Å². The van der Waals surface area contributed by atoms with Crippen molar-refractivity contribution >= 4 is 12.6 Å². The van der Waals surface area contributed by atoms with Gasteiger partial charge < -0.3 is 9.97 Å². The Hall–Kier alpha value is -4.44. The molecule has 0 atom stereocenters. The second-order valence-electron chi connectivity index (χ2n) is 7.60. The second-order valence-corrected chi connectivity index (χ2v) is 7.60. The van der Waals surface area contributed by atoms with E-state index in [-0.39, 0.29) is 0 Å². The van der Waals surface area contributed by atoms with Crippen molar-refractivity contribution < 1.29 is 9.59 Å². The first-order valence-corrected chi connectivity index (χ1v) is 10.3. The van der Waals surface area contributed by atoms with Gasteiger partial charge in [0.25, 0.3) is 0 Å². The van der Waals surface area contributed by atoms with Crippen LogP contribution in [-0.2, 0) is 0 Å². The molecule has 32 heavy (non-hydrogen) atoms. The number of nitrogens with one attached hydrogen (secondary N) is 2. The first-order chi connectivity index (χ1) is 15.8. The van der Waals surface area contributed by atoms with Crippen LogP contribution in [0.4, 0.5) is 0 Å². The molecule has 2 N–H and O–H groups in total. The van der Waals surface area contributed by atoms with Crippen molar-refractivity contribution in [3.05, 3.63) is 108 Å². The highest BCUT2D eigenvalue weighted by molar-refractivity contribution is 5.89. The van der Waals surface area contributed by atoms with Crippen molar-refractivity contribution in [3.63, 3.8) is 0 Å². The Bertz CT molecular complexity index is 1320. The maximum atomic E-state index is 11.4. The Kier molecular flexibility index (Phi) is 5.10. The van der Waals surface area contributed by atoms with Crippen molar-refractivity contribution in [1.29, 1.82) is 0 Å². The molecule has 5 rings (SSSR count). The van der Waals surface area contributed by atoms with Crippen molar-refractivity contribution in [2.45, 2.75) is 0 Å². The third-order valence-electron chi connectivity index (χ3n) is 5.65. The first-order valence-electron chi connectivity index (χ1n) is 10.3. The van der Waals surface area contributed by atoms with Crippen LogP contribution < -0.4 is 0 Å². The summed E-state index contributed by atoms with van der Waals surface area (Å²) in [5, 5.41) is 0. The second kappa shape index (κ2) is 8.36. The minimum absolute atomic E-state index is 0.658. The van der Waals surface area contributed by atoms with Gasteiger partial charge in [0, 0.05) is 46.0 Å². The fraction of sp³-hybridized carbons (Fsp3) is 0. The monoisotopic (exact) mass is 416 g/mol. The molecule has 0 spiro atoms. The first kappa shape index (κ1) is 19.5. The summed E-state index contributed by atoms with van der Waals surface area (Å²) in [5.41, 5.74) is 9.13. The molecule has 0 saturated carbocycles. The lowest BCUT2D eigenvalue weighted by Gasteiger charge is -2.03. The SMILES string of the molecule is O=Cc1ccccc1-c1cc(-c2cccc(-c3c[nH]c(-c4ccccc4C=O)c3)c2)c[nH]1. The van der Waals surface area contributed by atoms with Gasteiger partial charge in [0.2, 0.25) is 0 Å². The zero-order chi connectivity index (χ0) is 21.9. The molecule has 2 aromatic heterocycles. The predicted octanol–water partition coefficient (Wildman–Crippen LogP) is 6.64. The smallest absolute Gasteiger partial charge is 0.150 e. The fourth-order valence-corrected chi connectivity index (χ4v) is 4.00. The van der Waals surface area contributed by atoms with E-state index in [0.717, 1.165) is 57.3 Å². The van der Waals surface area contributed by atoms with Gasteiger partial charge in [0.1, 0.15) is 0 Å². The molecule has 0 saturated heterocycles. The number of benzene rings is 3. The van der Waals surface area contributed by atoms with Crippen LogP contribution in [-0.4, -0.2) is 22.5 Å². The average Bonchev–Trinajstić information content (AvgIpc) is 3.54. The summed E-state index contributed by atoms with van der Waals surface area (Å²) < 4.78 is 0. The van der Waals surface area contributed by atoms with Crippen LogP contribution in [0.25, 0.3) is 44.8 Å². The largest absolute Gasteiger partial charge is 0.361 e. The molecule has 154 valence electrons. The highest BCUT2D eigenvalue weighted by atomic mass is 16.1. The van der Waals surface area contributed by atoms with Crippen molar-refractivity contribution in [2.24, 2.45) is 0 Å². The normalized spacial score (nSPS) is 10.8. The number of aromatic amines is 2. The minimum atomic E-state index is 0.658. The van der Waals surface area contributed by atoms with E-state index in [0.29, 0.717) is 11.1 Å². The topological polar surface area (TPSA) is 65.7 Å². The summed E-state index contributed by atoms with van der Waals surface area (Å²) in [4.78, 5) is 29.4. The van der Waals surface area contributed by atoms with Gasteiger partial charge in [-0.3, -0.25) is 9.59 Å². The summed E-state index contributed by atoms with van der Waals surface area (Å²) in [5.74, 6) is 0. The van der Waals surface area contributed by atoms with Crippen LogP contribution in [0, 0.1) is 0 Å². The molecule has 0 aliphatic carbocycles. The van der Waals surface area contributed by atoms with E-state index in [2.05, 4.69) is 40.3 Å². The molecule has 3 aromatic carbocycles. The molecule has 0 aliphatic rings. The highest BCUT2D eigenvalue weighted by Crippen LogP contribution is 2.32. The quantitative estimate of drug-likeness (QED) is 0.305. The number of hydrogen-bond donors (Lipinski definition) is 2. The highest BCUT2D eigenvalue weighted by Gasteiger charge is 2.11. The number of H-pyrrole nitrogens is 2. The number of hydrogen-bond acceptors (Lipinski definition) is 2. The van der Waals surface area contributed by atoms with Gasteiger partial charge in [-0.05, 0) is 40.5 Å². The van der Waals surface area contributed by atoms with Gasteiger partial charge in [0.05, 0.1) is 0 Å². The third kappa shape index (κ3) is 3.59. The van der Waals surface area contributed by atoms with Gasteiger partial charge in [-0.2, -0.15) is 0 Å². The predicted molar refractivity (Wildman–Crippen MR) is 128 cm³/mol. The van der Waals surface area contributed by atoms with E-state index in [4.69, 9.17) is 0 Å². The molecule has 0 aliphatic heterocycles. The minimum Gasteiger partial charge on any atom is -0.361 e. The zero-order valence-corrected chi connectivity index (χ0v) is 17.2. The molecular weight excluding hydrogens is 396 g/mol. The van der Waals surface area contributed by atoms with Crippen LogP contribution >= 0.6 is 0 Å². The lowest BCUT2D eigenvalue weighted by Crippen LogP contribution is -1.86. The molecular formula is C28H20N2O2. The molecule has 0 fully saturated rings. The maximum absolute atomic E-state index is 11.4. The zero-order valence-electron chi connectivity index (χ0n) is 17.2. The maximum Gasteiger partial charge on any atom is 0.150 e. The Morgan fingerprint density at radius 1 is 0.500 bits per heavy atom. The molecule has 4 nitrogen and oxygen atoms in total. The Labute approximate surface area is 185 Å². The number of carbonyl (C=O) groups excluding carboxylic acids is 2. The van der Waals surface area contributed by atoms with Crippen LogP contribution in [0.3, 0.4) is 0 Å². The van der Waals surface area contributed by atoms with Gasteiger partial charge in [-0.25, -0.2) is 0 Å². The number of rotatable bonds is 6. The Morgan fingerprint density at radius 2 is 0.969 bits per heavy atom. The molecule has 0 amide bonds. The molecule has 0 radical (unpaired) electrons. The molecule has 0 bridgehead atoms. The van der Waals surface area contributed by atoms with E-state index >= 15 is 0 Å². The molecule has 5 aromatic rings. The fourth-order valence-electron chi connectivity index (χ4n) is 4.00. The summed E-state index contributed by atoms with van der Waals surface area (Å²) in [6, 6.07) is 27.5. The van der Waals surface area contributed by atoms with Crippen molar-refractivity contribution in [1.82, 2.24) is 9.97 Å². The van der Waals surface area contributed by atoms with Crippen LogP contribution in [0.1, 0.15) is 20.7 Å². The van der Waals surface area contributed by atoms with Gasteiger partial charge >= 0.3 is 0 Å². The number of aldehydes is 2. The van der Waals surface area contributed by atoms with Crippen molar-refractivity contribution in [3.8, 4) is 44.8 Å². The molecule has 4 heteroatoms. The number of carbonyl (C=O) groups is 2. The lowest BCUT2D eigenvalue weighted by atomic mass is 10.00. The summed E-state index contributed by atoms with van der Waals surface area (Å²) in [6.07, 6.45) is 5.67. The standard InChI is InChI=1S/C28H20N2O2/c31-17-21-6-1-3-10-25(21)27-13-23(15-29-27)19-8-5-9-20(12-19)24-14-28(30-16-24)26-11-4-2-7-22(26)18-32/h1-18,29-30H. The van der Waals surface area contributed by atoms with Crippen LogP contribution in [0.5, 0.6) is 0 Å². The Morgan fingerprint density at radius 3 is 1.44 bits per heavy atom. The van der Waals surface area contributed by atoms with Crippen molar-refractivity contribution in [2.75, 3.05) is 0 Å². The van der Waals surface area contributed by atoms with E-state index in [9.17, 15) is 9.59 Å². The van der Waals surface area contributed by atoms with Crippen LogP contribution in [0.2, 0.25) is 0 Å². The number of aromatic nitrogens is 2. The Balaban J connectivity index is 1.48. The van der Waals surface area contributed by atoms with E-state index in [1.807, 2.05) is 67.0 Å². The molecule has 0 unspecified atom stereocenters. The summed E-state index contributed by atoms with van der Waals surface area (Å²) in [7, 11) is 0. The lowest BCUT2D eigenvalue weighted by molar-refractivity contribution is 0.111.